The molecule has 0 atom stereocenters. The van der Waals surface area contributed by atoms with Crippen molar-refractivity contribution < 1.29 is 8.42 Å². The van der Waals surface area contributed by atoms with Crippen LogP contribution in [0.2, 0.25) is 0 Å². The van der Waals surface area contributed by atoms with E-state index in [4.69, 9.17) is 11.6 Å². The summed E-state index contributed by atoms with van der Waals surface area (Å²) in [6.07, 6.45) is 3.11. The van der Waals surface area contributed by atoms with Gasteiger partial charge in [0.1, 0.15) is 0 Å². The second kappa shape index (κ2) is 5.59. The van der Waals surface area contributed by atoms with Crippen molar-refractivity contribution in [3.63, 3.8) is 0 Å². The van der Waals surface area contributed by atoms with Gasteiger partial charge in [0.25, 0.3) is 0 Å². The molecule has 0 heterocycles. The molecule has 1 aromatic rings. The minimum Gasteiger partial charge on any atom is -0.212 e. The molecule has 0 amide bonds. The van der Waals surface area contributed by atoms with Crippen LogP contribution in [0.3, 0.4) is 0 Å². The van der Waals surface area contributed by atoms with Crippen molar-refractivity contribution in [3.8, 4) is 0 Å². The molecule has 0 unspecified atom stereocenters. The first-order chi connectivity index (χ1) is 8.53. The first-order valence-electron chi connectivity index (χ1n) is 6.12. The molecule has 0 radical (unpaired) electrons. The van der Waals surface area contributed by atoms with Crippen molar-refractivity contribution in [2.24, 2.45) is 0 Å². The van der Waals surface area contributed by atoms with Gasteiger partial charge in [-0.2, -0.15) is 0 Å². The van der Waals surface area contributed by atoms with Crippen molar-refractivity contribution in [1.82, 2.24) is 4.31 Å². The number of hydrogen-bond donors (Lipinski definition) is 0. The maximum Gasteiger partial charge on any atom is 0.218 e. The lowest BCUT2D eigenvalue weighted by molar-refractivity contribution is 0.249. The average Bonchev–Trinajstić information content (AvgIpc) is 2.27. The zero-order chi connectivity index (χ0) is 13.2. The molecule has 0 N–H and O–H groups in total. The van der Waals surface area contributed by atoms with E-state index in [9.17, 15) is 8.42 Å². The third kappa shape index (κ3) is 3.05. The van der Waals surface area contributed by atoms with Crippen LogP contribution in [-0.2, 0) is 21.7 Å². The summed E-state index contributed by atoms with van der Waals surface area (Å²) in [6, 6.07) is 7.63. The standard InChI is InChI=1S/C13H18ClNO2S/c1-15(13-3-2-4-13)18(16,17)10-12-7-5-11(9-14)6-8-12/h5-8,13H,2-4,9-10H2,1H3. The second-order valence-corrected chi connectivity index (χ2v) is 7.10. The van der Waals surface area contributed by atoms with E-state index in [0.29, 0.717) is 5.88 Å². The fourth-order valence-electron chi connectivity index (χ4n) is 2.01. The van der Waals surface area contributed by atoms with Crippen LogP contribution in [0.4, 0.5) is 0 Å². The van der Waals surface area contributed by atoms with Gasteiger partial charge in [-0.1, -0.05) is 30.7 Å². The Morgan fingerprint density at radius 2 is 1.78 bits per heavy atom. The molecule has 2 rings (SSSR count). The van der Waals surface area contributed by atoms with Crippen LogP contribution in [0, 0.1) is 0 Å². The Morgan fingerprint density at radius 3 is 2.22 bits per heavy atom. The lowest BCUT2D eigenvalue weighted by Crippen LogP contribution is -2.41. The van der Waals surface area contributed by atoms with Gasteiger partial charge in [-0.25, -0.2) is 12.7 Å². The molecule has 1 saturated carbocycles. The first-order valence-corrected chi connectivity index (χ1v) is 8.27. The summed E-state index contributed by atoms with van der Waals surface area (Å²) in [6.45, 7) is 0. The van der Waals surface area contributed by atoms with Gasteiger partial charge in [-0.3, -0.25) is 0 Å². The summed E-state index contributed by atoms with van der Waals surface area (Å²) in [7, 11) is -1.51. The molecule has 0 aliphatic heterocycles. The Labute approximate surface area is 114 Å². The number of halogens is 1. The molecule has 0 aromatic heterocycles. The zero-order valence-corrected chi connectivity index (χ0v) is 12.0. The monoisotopic (exact) mass is 287 g/mol. The summed E-state index contributed by atoms with van der Waals surface area (Å²) >= 11 is 5.70. The summed E-state index contributed by atoms with van der Waals surface area (Å²) in [5.41, 5.74) is 1.82. The van der Waals surface area contributed by atoms with Crippen molar-refractivity contribution in [2.75, 3.05) is 7.05 Å². The quantitative estimate of drug-likeness (QED) is 0.781. The van der Waals surface area contributed by atoms with Crippen LogP contribution < -0.4 is 0 Å². The lowest BCUT2D eigenvalue weighted by Gasteiger charge is -2.33. The molecule has 1 aliphatic rings. The van der Waals surface area contributed by atoms with Crippen molar-refractivity contribution >= 4 is 21.6 Å². The minimum absolute atomic E-state index is 0.0720. The molecule has 1 aliphatic carbocycles. The molecular formula is C13H18ClNO2S. The lowest BCUT2D eigenvalue weighted by atomic mass is 9.94. The number of rotatable bonds is 5. The fourth-order valence-corrected chi connectivity index (χ4v) is 3.68. The third-order valence-electron chi connectivity index (χ3n) is 3.55. The SMILES string of the molecule is CN(C1CCC1)S(=O)(=O)Cc1ccc(CCl)cc1. The van der Waals surface area contributed by atoms with Crippen molar-refractivity contribution in [3.05, 3.63) is 35.4 Å². The number of alkyl halides is 1. The molecule has 3 nitrogen and oxygen atoms in total. The van der Waals surface area contributed by atoms with Gasteiger partial charge in [0.2, 0.25) is 10.0 Å². The van der Waals surface area contributed by atoms with Crippen LogP contribution in [0.5, 0.6) is 0 Å². The third-order valence-corrected chi connectivity index (χ3v) is 5.74. The maximum absolute atomic E-state index is 12.2. The largest absolute Gasteiger partial charge is 0.218 e. The van der Waals surface area contributed by atoms with Gasteiger partial charge in [0, 0.05) is 19.0 Å². The van der Waals surface area contributed by atoms with Crippen LogP contribution in [0.15, 0.2) is 24.3 Å². The van der Waals surface area contributed by atoms with Gasteiger partial charge in [0.15, 0.2) is 0 Å². The first kappa shape index (κ1) is 13.8. The Balaban J connectivity index is 2.06. The van der Waals surface area contributed by atoms with E-state index in [1.807, 2.05) is 24.3 Å². The summed E-state index contributed by atoms with van der Waals surface area (Å²) < 4.78 is 25.9. The van der Waals surface area contributed by atoms with Crippen molar-refractivity contribution in [2.45, 2.75) is 36.9 Å². The molecule has 100 valence electrons. The van der Waals surface area contributed by atoms with Crippen molar-refractivity contribution in [1.29, 1.82) is 0 Å². The zero-order valence-electron chi connectivity index (χ0n) is 10.5. The van der Waals surface area contributed by atoms with Gasteiger partial charge in [0.05, 0.1) is 5.75 Å². The highest BCUT2D eigenvalue weighted by Crippen LogP contribution is 2.26. The summed E-state index contributed by atoms with van der Waals surface area (Å²) in [5.74, 6) is 0.525. The van der Waals surface area contributed by atoms with E-state index >= 15 is 0 Å². The highest BCUT2D eigenvalue weighted by molar-refractivity contribution is 7.88. The van der Waals surface area contributed by atoms with Gasteiger partial charge < -0.3 is 0 Å². The molecular weight excluding hydrogens is 270 g/mol. The van der Waals surface area contributed by atoms with E-state index in [0.717, 1.165) is 30.4 Å². The highest BCUT2D eigenvalue weighted by Gasteiger charge is 2.30. The van der Waals surface area contributed by atoms with E-state index < -0.39 is 10.0 Å². The second-order valence-electron chi connectivity index (χ2n) is 4.81. The number of nitrogens with zero attached hydrogens (tertiary/aromatic N) is 1. The van der Waals surface area contributed by atoms with Crippen LogP contribution in [0.25, 0.3) is 0 Å². The van der Waals surface area contributed by atoms with Crippen LogP contribution in [0.1, 0.15) is 30.4 Å². The summed E-state index contributed by atoms with van der Waals surface area (Å²) in [4.78, 5) is 0. The van der Waals surface area contributed by atoms with E-state index in [1.54, 1.807) is 7.05 Å². The van der Waals surface area contributed by atoms with E-state index in [1.165, 1.54) is 4.31 Å². The van der Waals surface area contributed by atoms with E-state index in [-0.39, 0.29) is 11.8 Å². The molecule has 0 spiro atoms. The predicted octanol–water partition coefficient (Wildman–Crippen LogP) is 2.74. The average molecular weight is 288 g/mol. The Morgan fingerprint density at radius 1 is 1.22 bits per heavy atom. The fraction of sp³-hybridized carbons (Fsp3) is 0.538. The number of hydrogen-bond acceptors (Lipinski definition) is 2. The van der Waals surface area contributed by atoms with E-state index in [2.05, 4.69) is 0 Å². The van der Waals surface area contributed by atoms with Crippen LogP contribution >= 0.6 is 11.6 Å². The molecule has 5 heteroatoms. The summed E-state index contributed by atoms with van der Waals surface area (Å²) in [5, 5.41) is 0. The Bertz CT molecular complexity index is 494. The van der Waals surface area contributed by atoms with Crippen LogP contribution in [-0.4, -0.2) is 25.8 Å². The maximum atomic E-state index is 12.2. The van der Waals surface area contributed by atoms with Gasteiger partial charge >= 0.3 is 0 Å². The normalized spacial score (nSPS) is 16.8. The molecule has 1 aromatic carbocycles. The Kier molecular flexibility index (Phi) is 4.30. The predicted molar refractivity (Wildman–Crippen MR) is 74.0 cm³/mol. The molecule has 0 bridgehead atoms. The number of benzene rings is 1. The Hall–Kier alpha value is -0.580. The van der Waals surface area contributed by atoms with Gasteiger partial charge in [-0.05, 0) is 24.0 Å². The molecule has 1 fully saturated rings. The van der Waals surface area contributed by atoms with Gasteiger partial charge in [-0.15, -0.1) is 11.6 Å². The smallest absolute Gasteiger partial charge is 0.212 e. The minimum atomic E-state index is -3.19. The number of sulfonamides is 1. The molecule has 0 saturated heterocycles. The topological polar surface area (TPSA) is 37.4 Å². The molecule has 18 heavy (non-hydrogen) atoms. The highest BCUT2D eigenvalue weighted by atomic mass is 35.5.